The molecule has 160 valence electrons. The Hall–Kier alpha value is -2.61. The van der Waals surface area contributed by atoms with Gasteiger partial charge in [-0.05, 0) is 30.7 Å². The molecule has 8 heteroatoms. The first-order valence-electron chi connectivity index (χ1n) is 10.2. The number of likely N-dealkylation sites (tertiary alicyclic amines) is 1. The number of halogens is 2. The number of rotatable bonds is 5. The highest BCUT2D eigenvalue weighted by molar-refractivity contribution is 5.79. The highest BCUT2D eigenvalue weighted by atomic mass is 19.2. The normalized spacial score (nSPS) is 20.9. The molecule has 2 aliphatic rings. The van der Waals surface area contributed by atoms with Crippen molar-refractivity contribution < 1.29 is 23.0 Å². The quantitative estimate of drug-likeness (QED) is 0.748. The Labute approximate surface area is 174 Å². The molecule has 1 spiro atoms. The van der Waals surface area contributed by atoms with Gasteiger partial charge in [-0.1, -0.05) is 12.1 Å². The molecule has 1 amide bonds. The maximum Gasteiger partial charge on any atom is 0.232 e. The van der Waals surface area contributed by atoms with E-state index >= 15 is 0 Å². The van der Waals surface area contributed by atoms with Crippen molar-refractivity contribution in [2.24, 2.45) is 11.3 Å². The van der Waals surface area contributed by atoms with E-state index in [9.17, 15) is 13.6 Å². The van der Waals surface area contributed by atoms with E-state index in [1.54, 1.807) is 23.5 Å². The fraction of sp³-hybridized carbons (Fsp3) is 0.500. The van der Waals surface area contributed by atoms with Crippen LogP contribution >= 0.6 is 0 Å². The van der Waals surface area contributed by atoms with Crippen LogP contribution in [0.15, 0.2) is 36.8 Å². The number of carbonyl (C=O) groups excluding carboxylic acids is 1. The van der Waals surface area contributed by atoms with Crippen molar-refractivity contribution in [3.63, 3.8) is 0 Å². The summed E-state index contributed by atoms with van der Waals surface area (Å²) in [4.78, 5) is 22.6. The predicted molar refractivity (Wildman–Crippen MR) is 105 cm³/mol. The van der Waals surface area contributed by atoms with Crippen molar-refractivity contribution in [3.8, 4) is 5.88 Å². The minimum absolute atomic E-state index is 0.0430. The molecule has 0 aliphatic carbocycles. The zero-order chi connectivity index (χ0) is 21.0. The topological polar surface area (TPSA) is 64.6 Å². The van der Waals surface area contributed by atoms with Crippen molar-refractivity contribution in [2.45, 2.75) is 25.7 Å². The second kappa shape index (κ2) is 9.04. The van der Waals surface area contributed by atoms with E-state index in [4.69, 9.17) is 9.47 Å². The molecule has 0 N–H and O–H groups in total. The number of ether oxygens (including phenoxy) is 2. The van der Waals surface area contributed by atoms with Gasteiger partial charge in [0.2, 0.25) is 11.8 Å². The number of hydrogen-bond acceptors (Lipinski definition) is 5. The lowest BCUT2D eigenvalue weighted by molar-refractivity contribution is -0.137. The van der Waals surface area contributed by atoms with Crippen molar-refractivity contribution in [1.82, 2.24) is 14.9 Å². The molecule has 4 rings (SSSR count). The van der Waals surface area contributed by atoms with Crippen LogP contribution in [0.1, 0.15) is 24.8 Å². The molecule has 6 nitrogen and oxygen atoms in total. The number of carbonyl (C=O) groups is 1. The summed E-state index contributed by atoms with van der Waals surface area (Å²) in [5.74, 6) is -1.35. The Bertz CT molecular complexity index is 873. The highest BCUT2D eigenvalue weighted by Crippen LogP contribution is 2.45. The lowest BCUT2D eigenvalue weighted by Crippen LogP contribution is -2.51. The third kappa shape index (κ3) is 4.43. The summed E-state index contributed by atoms with van der Waals surface area (Å²) in [5.41, 5.74) is 0.142. The molecule has 0 radical (unpaired) electrons. The maximum atomic E-state index is 13.9. The van der Waals surface area contributed by atoms with Crippen LogP contribution in [-0.4, -0.2) is 53.7 Å². The van der Waals surface area contributed by atoms with Crippen LogP contribution in [0.5, 0.6) is 5.88 Å². The van der Waals surface area contributed by atoms with Crippen LogP contribution in [0.2, 0.25) is 0 Å². The first kappa shape index (κ1) is 20.7. The average Bonchev–Trinajstić information content (AvgIpc) is 2.77. The Morgan fingerprint density at radius 2 is 2.07 bits per heavy atom. The van der Waals surface area contributed by atoms with E-state index in [1.807, 2.05) is 0 Å². The number of piperidine rings is 1. The minimum atomic E-state index is -0.940. The van der Waals surface area contributed by atoms with Crippen LogP contribution in [0.4, 0.5) is 8.78 Å². The van der Waals surface area contributed by atoms with Gasteiger partial charge in [-0.2, -0.15) is 0 Å². The molecule has 2 saturated heterocycles. The van der Waals surface area contributed by atoms with E-state index in [0.717, 1.165) is 25.3 Å². The molecule has 1 aromatic heterocycles. The number of nitrogens with zero attached hydrogens (tertiary/aromatic N) is 3. The molecule has 0 saturated carbocycles. The first-order valence-corrected chi connectivity index (χ1v) is 10.2. The molecule has 1 aromatic carbocycles. The Kier molecular flexibility index (Phi) is 6.22. The summed E-state index contributed by atoms with van der Waals surface area (Å²) >= 11 is 0. The predicted octanol–water partition coefficient (Wildman–Crippen LogP) is 3.02. The zero-order valence-corrected chi connectivity index (χ0v) is 16.7. The smallest absolute Gasteiger partial charge is 0.232 e. The summed E-state index contributed by atoms with van der Waals surface area (Å²) in [6.07, 6.45) is 7.24. The molecule has 30 heavy (non-hydrogen) atoms. The lowest BCUT2D eigenvalue weighted by Gasteiger charge is -2.48. The van der Waals surface area contributed by atoms with E-state index in [2.05, 4.69) is 9.97 Å². The van der Waals surface area contributed by atoms with Crippen molar-refractivity contribution in [2.75, 3.05) is 32.9 Å². The standard InChI is InChI=1S/C22H25F2N3O3/c23-18-3-1-2-16(21(18)24)12-20(28)27-9-4-22(5-10-27)6-11-29-14-17(22)15-30-19-13-25-7-8-26-19/h1-3,7-8,13,17H,4-6,9-12,14-15H2/t17-/m1/s1. The van der Waals surface area contributed by atoms with Gasteiger partial charge in [0.15, 0.2) is 11.6 Å². The average molecular weight is 417 g/mol. The van der Waals surface area contributed by atoms with Gasteiger partial charge in [0.05, 0.1) is 25.8 Å². The van der Waals surface area contributed by atoms with Crippen LogP contribution in [-0.2, 0) is 16.0 Å². The highest BCUT2D eigenvalue weighted by Gasteiger charge is 2.44. The molecule has 2 aromatic rings. The third-order valence-electron chi connectivity index (χ3n) is 6.39. The van der Waals surface area contributed by atoms with Crippen LogP contribution in [0.25, 0.3) is 0 Å². The van der Waals surface area contributed by atoms with Crippen molar-refractivity contribution >= 4 is 5.91 Å². The van der Waals surface area contributed by atoms with Crippen molar-refractivity contribution in [3.05, 3.63) is 54.0 Å². The molecule has 2 aliphatic heterocycles. The molecule has 0 bridgehead atoms. The lowest BCUT2D eigenvalue weighted by atomic mass is 9.66. The van der Waals surface area contributed by atoms with E-state index in [0.29, 0.717) is 38.8 Å². The summed E-state index contributed by atoms with van der Waals surface area (Å²) in [6, 6.07) is 3.94. The van der Waals surface area contributed by atoms with Crippen LogP contribution < -0.4 is 4.74 Å². The minimum Gasteiger partial charge on any atom is -0.476 e. The van der Waals surface area contributed by atoms with E-state index < -0.39 is 11.6 Å². The summed E-state index contributed by atoms with van der Waals surface area (Å²) < 4.78 is 38.9. The van der Waals surface area contributed by atoms with Gasteiger partial charge in [0.25, 0.3) is 0 Å². The molecule has 2 fully saturated rings. The third-order valence-corrected chi connectivity index (χ3v) is 6.39. The SMILES string of the molecule is O=C(Cc1cccc(F)c1F)N1CCC2(CCOC[C@@H]2COc2cnccn2)CC1. The van der Waals surface area contributed by atoms with Crippen molar-refractivity contribution in [1.29, 1.82) is 0 Å². The van der Waals surface area contributed by atoms with Gasteiger partial charge >= 0.3 is 0 Å². The number of benzene rings is 1. The van der Waals surface area contributed by atoms with Gasteiger partial charge in [-0.15, -0.1) is 0 Å². The second-order valence-corrected chi connectivity index (χ2v) is 8.01. The Morgan fingerprint density at radius 1 is 1.23 bits per heavy atom. The summed E-state index contributed by atoms with van der Waals surface area (Å²) in [6.45, 7) is 2.99. The number of aromatic nitrogens is 2. The van der Waals surface area contributed by atoms with Gasteiger partial charge in [-0.25, -0.2) is 13.8 Å². The largest absolute Gasteiger partial charge is 0.476 e. The zero-order valence-electron chi connectivity index (χ0n) is 16.7. The first-order chi connectivity index (χ1) is 14.6. The van der Waals surface area contributed by atoms with E-state index in [-0.39, 0.29) is 29.2 Å². The Balaban J connectivity index is 1.36. The summed E-state index contributed by atoms with van der Waals surface area (Å²) in [5, 5.41) is 0. The second-order valence-electron chi connectivity index (χ2n) is 8.01. The fourth-order valence-corrected chi connectivity index (χ4v) is 4.47. The fourth-order valence-electron chi connectivity index (χ4n) is 4.47. The van der Waals surface area contributed by atoms with Gasteiger partial charge < -0.3 is 14.4 Å². The molecule has 1 atom stereocenters. The van der Waals surface area contributed by atoms with Crippen LogP contribution in [0.3, 0.4) is 0 Å². The monoisotopic (exact) mass is 417 g/mol. The van der Waals surface area contributed by atoms with E-state index in [1.165, 1.54) is 12.1 Å². The van der Waals surface area contributed by atoms with Gasteiger partial charge in [-0.3, -0.25) is 9.78 Å². The molecular weight excluding hydrogens is 392 g/mol. The maximum absolute atomic E-state index is 13.9. The van der Waals surface area contributed by atoms with Gasteiger partial charge in [0, 0.05) is 43.6 Å². The molecule has 0 unspecified atom stereocenters. The number of hydrogen-bond donors (Lipinski definition) is 0. The molecule has 3 heterocycles. The molecular formula is C22H25F2N3O3. The Morgan fingerprint density at radius 3 is 2.83 bits per heavy atom. The number of amides is 1. The van der Waals surface area contributed by atoms with Crippen LogP contribution in [0, 0.1) is 23.0 Å². The summed E-state index contributed by atoms with van der Waals surface area (Å²) in [7, 11) is 0. The van der Waals surface area contributed by atoms with Gasteiger partial charge in [0.1, 0.15) is 0 Å².